The fraction of sp³-hybridized carbons (Fsp3) is 0.438. The van der Waals surface area contributed by atoms with Gasteiger partial charge in [-0.2, -0.15) is 5.10 Å². The SMILES string of the molecule is Nc1ncc(-c2cnn(CC3CCCCC3)c2)cc1C(=O)O. The number of carboxylic acid groups (broad SMARTS) is 1. The third kappa shape index (κ3) is 3.10. The van der Waals surface area contributed by atoms with Gasteiger partial charge in [0.2, 0.25) is 0 Å². The van der Waals surface area contributed by atoms with Gasteiger partial charge in [-0.25, -0.2) is 9.78 Å². The Kier molecular flexibility index (Phi) is 4.09. The molecule has 1 aliphatic carbocycles. The smallest absolute Gasteiger partial charge is 0.339 e. The molecule has 0 radical (unpaired) electrons. The molecule has 1 fully saturated rings. The van der Waals surface area contributed by atoms with Crippen LogP contribution in [-0.4, -0.2) is 25.8 Å². The molecule has 2 aromatic heterocycles. The summed E-state index contributed by atoms with van der Waals surface area (Å²) in [6.45, 7) is 0.925. The van der Waals surface area contributed by atoms with Gasteiger partial charge in [-0.15, -0.1) is 0 Å². The Labute approximate surface area is 129 Å². The number of nitrogens with two attached hydrogens (primary N) is 1. The third-order valence-corrected chi connectivity index (χ3v) is 4.29. The zero-order valence-corrected chi connectivity index (χ0v) is 12.4. The van der Waals surface area contributed by atoms with Crippen molar-refractivity contribution in [2.45, 2.75) is 38.6 Å². The second-order valence-corrected chi connectivity index (χ2v) is 5.92. The molecule has 0 amide bonds. The summed E-state index contributed by atoms with van der Waals surface area (Å²) < 4.78 is 1.95. The molecule has 116 valence electrons. The van der Waals surface area contributed by atoms with Crippen LogP contribution < -0.4 is 5.73 Å². The summed E-state index contributed by atoms with van der Waals surface area (Å²) >= 11 is 0. The molecule has 0 aliphatic heterocycles. The van der Waals surface area contributed by atoms with Gasteiger partial charge < -0.3 is 10.8 Å². The van der Waals surface area contributed by atoms with E-state index in [4.69, 9.17) is 10.8 Å². The summed E-state index contributed by atoms with van der Waals surface area (Å²) in [7, 11) is 0. The van der Waals surface area contributed by atoms with Crippen LogP contribution in [0.5, 0.6) is 0 Å². The maximum atomic E-state index is 11.1. The van der Waals surface area contributed by atoms with E-state index in [9.17, 15) is 4.79 Å². The van der Waals surface area contributed by atoms with Crippen molar-refractivity contribution in [1.29, 1.82) is 0 Å². The molecular weight excluding hydrogens is 280 g/mol. The highest BCUT2D eigenvalue weighted by atomic mass is 16.4. The summed E-state index contributed by atoms with van der Waals surface area (Å²) in [6.07, 6.45) is 11.8. The standard InChI is InChI=1S/C16H20N4O2/c17-15-14(16(21)22)6-12(7-18-15)13-8-19-20(10-13)9-11-4-2-1-3-5-11/h6-8,10-11H,1-5,9H2,(H2,17,18)(H,21,22). The number of hydrogen-bond acceptors (Lipinski definition) is 4. The quantitative estimate of drug-likeness (QED) is 0.905. The minimum Gasteiger partial charge on any atom is -0.478 e. The van der Waals surface area contributed by atoms with Gasteiger partial charge in [0.05, 0.1) is 6.20 Å². The first kappa shape index (κ1) is 14.6. The van der Waals surface area contributed by atoms with E-state index in [1.807, 2.05) is 10.9 Å². The van der Waals surface area contributed by atoms with Crippen LogP contribution in [0.4, 0.5) is 5.82 Å². The molecule has 0 atom stereocenters. The van der Waals surface area contributed by atoms with E-state index in [1.54, 1.807) is 18.5 Å². The second kappa shape index (κ2) is 6.17. The van der Waals surface area contributed by atoms with Gasteiger partial charge in [0.15, 0.2) is 0 Å². The van der Waals surface area contributed by atoms with E-state index in [-0.39, 0.29) is 11.4 Å². The third-order valence-electron chi connectivity index (χ3n) is 4.29. The number of carbonyl (C=O) groups is 1. The molecule has 2 heterocycles. The molecule has 1 aliphatic rings. The molecule has 0 unspecified atom stereocenters. The van der Waals surface area contributed by atoms with Crippen molar-refractivity contribution in [2.24, 2.45) is 5.92 Å². The maximum Gasteiger partial charge on any atom is 0.339 e. The lowest BCUT2D eigenvalue weighted by molar-refractivity contribution is 0.0697. The molecule has 0 bridgehead atoms. The Morgan fingerprint density at radius 1 is 1.27 bits per heavy atom. The molecule has 0 saturated heterocycles. The molecule has 6 nitrogen and oxygen atoms in total. The predicted molar refractivity (Wildman–Crippen MR) is 83.4 cm³/mol. The second-order valence-electron chi connectivity index (χ2n) is 5.92. The van der Waals surface area contributed by atoms with Gasteiger partial charge in [-0.05, 0) is 24.8 Å². The first-order valence-electron chi connectivity index (χ1n) is 7.65. The fourth-order valence-corrected chi connectivity index (χ4v) is 3.05. The first-order chi connectivity index (χ1) is 10.6. The number of nitrogens with zero attached hydrogens (tertiary/aromatic N) is 3. The normalized spacial score (nSPS) is 15.8. The topological polar surface area (TPSA) is 94.0 Å². The number of anilines is 1. The van der Waals surface area contributed by atoms with Crippen molar-refractivity contribution in [2.75, 3.05) is 5.73 Å². The van der Waals surface area contributed by atoms with Crippen LogP contribution >= 0.6 is 0 Å². The number of hydrogen-bond donors (Lipinski definition) is 2. The van der Waals surface area contributed by atoms with E-state index in [0.717, 1.165) is 17.7 Å². The number of pyridine rings is 1. The van der Waals surface area contributed by atoms with Crippen molar-refractivity contribution >= 4 is 11.8 Å². The molecule has 6 heteroatoms. The number of carboxylic acids is 1. The van der Waals surface area contributed by atoms with E-state index >= 15 is 0 Å². The molecule has 1 saturated carbocycles. The minimum absolute atomic E-state index is 0.0255. The number of aromatic carboxylic acids is 1. The first-order valence-corrected chi connectivity index (χ1v) is 7.65. The van der Waals surface area contributed by atoms with Crippen molar-refractivity contribution in [3.05, 3.63) is 30.2 Å². The van der Waals surface area contributed by atoms with Crippen LogP contribution in [0.15, 0.2) is 24.7 Å². The lowest BCUT2D eigenvalue weighted by Crippen LogP contribution is -2.14. The van der Waals surface area contributed by atoms with Crippen LogP contribution in [0.2, 0.25) is 0 Å². The molecule has 0 spiro atoms. The lowest BCUT2D eigenvalue weighted by atomic mass is 9.89. The Bertz CT molecular complexity index is 675. The van der Waals surface area contributed by atoms with E-state index in [2.05, 4.69) is 10.1 Å². The minimum atomic E-state index is -1.07. The summed E-state index contributed by atoms with van der Waals surface area (Å²) in [4.78, 5) is 15.1. The maximum absolute atomic E-state index is 11.1. The van der Waals surface area contributed by atoms with Gasteiger partial charge in [-0.3, -0.25) is 4.68 Å². The van der Waals surface area contributed by atoms with Gasteiger partial charge in [0, 0.05) is 30.1 Å². The summed E-state index contributed by atoms with van der Waals surface area (Å²) in [5.74, 6) is -0.340. The molecular formula is C16H20N4O2. The summed E-state index contributed by atoms with van der Waals surface area (Å²) in [5.41, 5.74) is 7.20. The average Bonchev–Trinajstić information content (AvgIpc) is 2.97. The highest BCUT2D eigenvalue weighted by Crippen LogP contribution is 2.26. The summed E-state index contributed by atoms with van der Waals surface area (Å²) in [5, 5.41) is 13.5. The largest absolute Gasteiger partial charge is 0.478 e. The van der Waals surface area contributed by atoms with Gasteiger partial charge in [-0.1, -0.05) is 19.3 Å². The zero-order chi connectivity index (χ0) is 15.5. The number of rotatable bonds is 4. The predicted octanol–water partition coefficient (Wildman–Crippen LogP) is 2.81. The molecule has 0 aromatic carbocycles. The van der Waals surface area contributed by atoms with E-state index < -0.39 is 5.97 Å². The highest BCUT2D eigenvalue weighted by molar-refractivity contribution is 5.94. The molecule has 3 rings (SSSR count). The monoisotopic (exact) mass is 300 g/mol. The molecule has 22 heavy (non-hydrogen) atoms. The van der Waals surface area contributed by atoms with Gasteiger partial charge in [0.1, 0.15) is 11.4 Å². The zero-order valence-electron chi connectivity index (χ0n) is 12.4. The van der Waals surface area contributed by atoms with Crippen LogP contribution in [0.25, 0.3) is 11.1 Å². The Morgan fingerprint density at radius 2 is 2.05 bits per heavy atom. The van der Waals surface area contributed by atoms with Crippen molar-refractivity contribution in [1.82, 2.24) is 14.8 Å². The van der Waals surface area contributed by atoms with Crippen LogP contribution in [0, 0.1) is 5.92 Å². The van der Waals surface area contributed by atoms with E-state index in [0.29, 0.717) is 5.92 Å². The Hall–Kier alpha value is -2.37. The molecule has 3 N–H and O–H groups in total. The van der Waals surface area contributed by atoms with Crippen LogP contribution in [0.3, 0.4) is 0 Å². The lowest BCUT2D eigenvalue weighted by Gasteiger charge is -2.21. The van der Waals surface area contributed by atoms with Gasteiger partial charge >= 0.3 is 5.97 Å². The van der Waals surface area contributed by atoms with Crippen molar-refractivity contribution < 1.29 is 9.90 Å². The number of nitrogen functional groups attached to an aromatic ring is 1. The Balaban J connectivity index is 1.78. The number of aromatic nitrogens is 3. The van der Waals surface area contributed by atoms with Crippen LogP contribution in [-0.2, 0) is 6.54 Å². The Morgan fingerprint density at radius 3 is 2.77 bits per heavy atom. The van der Waals surface area contributed by atoms with Crippen LogP contribution in [0.1, 0.15) is 42.5 Å². The van der Waals surface area contributed by atoms with E-state index in [1.165, 1.54) is 32.1 Å². The average molecular weight is 300 g/mol. The van der Waals surface area contributed by atoms with Crippen molar-refractivity contribution in [3.63, 3.8) is 0 Å². The molecule has 2 aromatic rings. The van der Waals surface area contributed by atoms with Gasteiger partial charge in [0.25, 0.3) is 0 Å². The summed E-state index contributed by atoms with van der Waals surface area (Å²) in [6, 6.07) is 1.55. The van der Waals surface area contributed by atoms with Crippen molar-refractivity contribution in [3.8, 4) is 11.1 Å². The fourth-order valence-electron chi connectivity index (χ4n) is 3.05. The highest BCUT2D eigenvalue weighted by Gasteiger charge is 2.15.